The van der Waals surface area contributed by atoms with Gasteiger partial charge >= 0.3 is 11.9 Å². The molecule has 0 fully saturated rings. The van der Waals surface area contributed by atoms with Crippen LogP contribution in [0, 0.1) is 0 Å². The van der Waals surface area contributed by atoms with Gasteiger partial charge in [0.2, 0.25) is 0 Å². The van der Waals surface area contributed by atoms with Gasteiger partial charge in [0.25, 0.3) is 0 Å². The molecule has 0 aliphatic heterocycles. The lowest BCUT2D eigenvalue weighted by molar-refractivity contribution is -0.162. The van der Waals surface area contributed by atoms with Crippen LogP contribution in [0.5, 0.6) is 0 Å². The quantitative estimate of drug-likeness (QED) is 0.0346. The Bertz CT molecular complexity index is 1280. The van der Waals surface area contributed by atoms with Gasteiger partial charge in [-0.2, -0.15) is 0 Å². The Kier molecular flexibility index (Phi) is 51.0. The molecule has 5 nitrogen and oxygen atoms in total. The lowest BCUT2D eigenvalue weighted by Gasteiger charge is -2.18. The van der Waals surface area contributed by atoms with Gasteiger partial charge in [-0.05, 0) is 103 Å². The minimum absolute atomic E-state index is 0.0324. The van der Waals surface area contributed by atoms with Crippen molar-refractivity contribution in [3.8, 4) is 0 Å². The molecular weight excluding hydrogens is 789 g/mol. The van der Waals surface area contributed by atoms with Gasteiger partial charge in [-0.15, -0.1) is 0 Å². The van der Waals surface area contributed by atoms with Crippen LogP contribution in [-0.2, 0) is 23.8 Å². The highest BCUT2D eigenvalue weighted by atomic mass is 16.6. The van der Waals surface area contributed by atoms with Crippen LogP contribution < -0.4 is 0 Å². The first-order chi connectivity index (χ1) is 31.6. The normalized spacial score (nSPS) is 13.1. The highest BCUT2D eigenvalue weighted by Gasteiger charge is 2.17. The third-order valence-corrected chi connectivity index (χ3v) is 10.8. The molecule has 5 heteroatoms. The van der Waals surface area contributed by atoms with Gasteiger partial charge in [0.15, 0.2) is 6.10 Å². The minimum atomic E-state index is -0.606. The van der Waals surface area contributed by atoms with Crippen molar-refractivity contribution in [3.63, 3.8) is 0 Å². The zero-order valence-electron chi connectivity index (χ0n) is 41.8. The van der Waals surface area contributed by atoms with E-state index in [0.717, 1.165) is 89.9 Å². The standard InChI is InChI=1S/C59H98O5/c1-4-7-10-13-16-19-22-25-28-30-32-34-37-40-43-46-49-52-58(60)63-56-57(55-62-54-51-48-45-42-39-36-33-29-26-23-20-17-14-11-8-5-2)64-59(61)53-50-47-44-41-38-35-31-27-24-21-18-15-12-9-6-3/h8-9,11-12,17-18,20-21,25-29,31,38,41,47,50,57H,4-7,10,13-16,19,22-24,30,32-37,39-40,42-46,48-49,51-56H2,1-3H3/b11-8-,12-9-,20-17-,21-18-,28-25-,29-26-,31-27-,41-38-,50-47-. The van der Waals surface area contributed by atoms with Gasteiger partial charge in [-0.3, -0.25) is 9.59 Å². The molecule has 0 radical (unpaired) electrons. The van der Waals surface area contributed by atoms with E-state index in [4.69, 9.17) is 14.2 Å². The van der Waals surface area contributed by atoms with Gasteiger partial charge in [0.05, 0.1) is 13.0 Å². The highest BCUT2D eigenvalue weighted by molar-refractivity contribution is 5.71. The van der Waals surface area contributed by atoms with E-state index in [1.165, 1.54) is 103 Å². The summed E-state index contributed by atoms with van der Waals surface area (Å²) in [5.41, 5.74) is 0. The van der Waals surface area contributed by atoms with Crippen molar-refractivity contribution in [1.29, 1.82) is 0 Å². The topological polar surface area (TPSA) is 61.8 Å². The van der Waals surface area contributed by atoms with Gasteiger partial charge in [-0.1, -0.05) is 220 Å². The second-order valence-electron chi connectivity index (χ2n) is 17.0. The third-order valence-electron chi connectivity index (χ3n) is 10.8. The molecule has 0 aromatic rings. The average Bonchev–Trinajstić information content (AvgIpc) is 3.30. The van der Waals surface area contributed by atoms with E-state index in [0.29, 0.717) is 13.0 Å². The van der Waals surface area contributed by atoms with E-state index in [2.05, 4.69) is 118 Å². The molecule has 0 bridgehead atoms. The van der Waals surface area contributed by atoms with Gasteiger partial charge in [0, 0.05) is 13.0 Å². The van der Waals surface area contributed by atoms with Crippen LogP contribution in [0.25, 0.3) is 0 Å². The lowest BCUT2D eigenvalue weighted by atomic mass is 10.1. The van der Waals surface area contributed by atoms with E-state index in [1.807, 2.05) is 12.2 Å². The molecule has 0 amide bonds. The Morgan fingerprint density at radius 1 is 0.375 bits per heavy atom. The third kappa shape index (κ3) is 51.2. The van der Waals surface area contributed by atoms with Crippen LogP contribution in [0.3, 0.4) is 0 Å². The molecule has 0 saturated heterocycles. The van der Waals surface area contributed by atoms with Crippen molar-refractivity contribution in [2.24, 2.45) is 0 Å². The Balaban J connectivity index is 4.42. The highest BCUT2D eigenvalue weighted by Crippen LogP contribution is 2.13. The summed E-state index contributed by atoms with van der Waals surface area (Å²) >= 11 is 0. The molecular formula is C59H98O5. The zero-order chi connectivity index (χ0) is 46.3. The largest absolute Gasteiger partial charge is 0.462 e. The van der Waals surface area contributed by atoms with Crippen molar-refractivity contribution in [2.75, 3.05) is 19.8 Å². The second-order valence-corrected chi connectivity index (χ2v) is 17.0. The fourth-order valence-electron chi connectivity index (χ4n) is 6.95. The Morgan fingerprint density at radius 2 is 0.750 bits per heavy atom. The zero-order valence-corrected chi connectivity index (χ0v) is 41.8. The number of carbonyl (C=O) groups is 2. The van der Waals surface area contributed by atoms with E-state index in [-0.39, 0.29) is 31.6 Å². The smallest absolute Gasteiger partial charge is 0.310 e. The van der Waals surface area contributed by atoms with Crippen LogP contribution >= 0.6 is 0 Å². The van der Waals surface area contributed by atoms with Gasteiger partial charge in [-0.25, -0.2) is 0 Å². The van der Waals surface area contributed by atoms with Crippen molar-refractivity contribution in [1.82, 2.24) is 0 Å². The number of hydrogen-bond donors (Lipinski definition) is 0. The van der Waals surface area contributed by atoms with E-state index < -0.39 is 6.10 Å². The first-order valence-corrected chi connectivity index (χ1v) is 26.4. The molecule has 0 rings (SSSR count). The number of unbranched alkanes of at least 4 members (excludes halogenated alkanes) is 19. The number of carbonyl (C=O) groups excluding carboxylic acids is 2. The molecule has 0 N–H and O–H groups in total. The molecule has 364 valence electrons. The maximum atomic E-state index is 12.8. The molecule has 64 heavy (non-hydrogen) atoms. The summed E-state index contributed by atoms with van der Waals surface area (Å²) in [6.07, 6.45) is 74.1. The van der Waals surface area contributed by atoms with Gasteiger partial charge < -0.3 is 14.2 Å². The first kappa shape index (κ1) is 60.6. The van der Waals surface area contributed by atoms with E-state index in [9.17, 15) is 9.59 Å². The number of hydrogen-bond acceptors (Lipinski definition) is 5. The monoisotopic (exact) mass is 887 g/mol. The predicted molar refractivity (Wildman–Crippen MR) is 279 cm³/mol. The molecule has 0 spiro atoms. The van der Waals surface area contributed by atoms with Crippen molar-refractivity contribution >= 4 is 11.9 Å². The van der Waals surface area contributed by atoms with Gasteiger partial charge in [0.1, 0.15) is 6.61 Å². The second kappa shape index (κ2) is 53.9. The van der Waals surface area contributed by atoms with Crippen LogP contribution in [0.1, 0.15) is 226 Å². The lowest BCUT2D eigenvalue weighted by Crippen LogP contribution is -2.29. The molecule has 0 saturated carbocycles. The van der Waals surface area contributed by atoms with Crippen molar-refractivity contribution < 1.29 is 23.8 Å². The summed E-state index contributed by atoms with van der Waals surface area (Å²) in [4.78, 5) is 25.4. The summed E-state index contributed by atoms with van der Waals surface area (Å²) in [6.45, 7) is 7.46. The summed E-state index contributed by atoms with van der Waals surface area (Å²) < 4.78 is 17.3. The summed E-state index contributed by atoms with van der Waals surface area (Å²) in [5, 5.41) is 0. The first-order valence-electron chi connectivity index (χ1n) is 26.4. The maximum Gasteiger partial charge on any atom is 0.310 e. The van der Waals surface area contributed by atoms with E-state index in [1.54, 1.807) is 0 Å². The molecule has 0 aromatic heterocycles. The maximum absolute atomic E-state index is 12.8. The molecule has 0 aliphatic carbocycles. The molecule has 1 atom stereocenters. The van der Waals surface area contributed by atoms with Crippen LogP contribution in [-0.4, -0.2) is 37.9 Å². The number of ether oxygens (including phenoxy) is 3. The SMILES string of the molecule is CC/C=C\C/C=C\C/C=C\C/C=C\C/C=C\CC(=O)OC(COCCCCCCCC/C=C\C/C=C\C/C=C\CC)COC(=O)CCCCCCCCC/C=C\CCCCCCCC. The van der Waals surface area contributed by atoms with Crippen LogP contribution in [0.15, 0.2) is 109 Å². The van der Waals surface area contributed by atoms with Crippen LogP contribution in [0.2, 0.25) is 0 Å². The van der Waals surface area contributed by atoms with Crippen molar-refractivity contribution in [3.05, 3.63) is 109 Å². The minimum Gasteiger partial charge on any atom is -0.462 e. The Morgan fingerprint density at radius 3 is 1.22 bits per heavy atom. The van der Waals surface area contributed by atoms with Crippen molar-refractivity contribution in [2.45, 2.75) is 232 Å². The molecule has 0 aromatic carbocycles. The summed E-state index contributed by atoms with van der Waals surface area (Å²) in [6, 6.07) is 0. The molecule has 0 aliphatic rings. The molecule has 1 unspecified atom stereocenters. The fourth-order valence-corrected chi connectivity index (χ4v) is 6.95. The average molecular weight is 887 g/mol. The fraction of sp³-hybridized carbons (Fsp3) is 0.661. The van der Waals surface area contributed by atoms with E-state index >= 15 is 0 Å². The summed E-state index contributed by atoms with van der Waals surface area (Å²) in [7, 11) is 0. The van der Waals surface area contributed by atoms with Crippen LogP contribution in [0.4, 0.5) is 0 Å². The molecule has 0 heterocycles. The number of allylic oxidation sites excluding steroid dienone is 17. The summed E-state index contributed by atoms with van der Waals surface area (Å²) in [5.74, 6) is -0.559. The predicted octanol–water partition coefficient (Wildman–Crippen LogP) is 18.0. The Hall–Kier alpha value is -3.44. The Labute approximate surface area is 395 Å². The number of rotatable bonds is 47. The number of esters is 2.